The van der Waals surface area contributed by atoms with Gasteiger partial charge in [-0.2, -0.15) is 0 Å². The molecule has 0 radical (unpaired) electrons. The van der Waals surface area contributed by atoms with Crippen molar-refractivity contribution in [3.8, 4) is 0 Å². The molecule has 1 aromatic rings. The minimum Gasteiger partial charge on any atom is -0.303 e. The molecule has 7 heteroatoms. The van der Waals surface area contributed by atoms with E-state index in [0.29, 0.717) is 22.9 Å². The molecular weight excluding hydrogens is 408 g/mol. The summed E-state index contributed by atoms with van der Waals surface area (Å²) in [6.45, 7) is 10.4. The van der Waals surface area contributed by atoms with Crippen LogP contribution in [-0.2, 0) is 10.0 Å². The first-order chi connectivity index (χ1) is 14.9. The first-order valence-corrected chi connectivity index (χ1v) is 13.2. The summed E-state index contributed by atoms with van der Waals surface area (Å²) >= 11 is 0. The fourth-order valence-electron chi connectivity index (χ4n) is 5.07. The van der Waals surface area contributed by atoms with Crippen molar-refractivity contribution in [2.75, 3.05) is 39.3 Å². The lowest BCUT2D eigenvalue weighted by molar-refractivity contribution is 0.0924. The predicted molar refractivity (Wildman–Crippen MR) is 128 cm³/mol. The highest BCUT2D eigenvalue weighted by atomic mass is 32.2. The summed E-state index contributed by atoms with van der Waals surface area (Å²) in [4.78, 5) is 10.2. The van der Waals surface area contributed by atoms with Crippen LogP contribution in [0, 0.1) is 6.92 Å². The third kappa shape index (κ3) is 5.38. The molecule has 0 aromatic heterocycles. The van der Waals surface area contributed by atoms with Crippen LogP contribution in [0.2, 0.25) is 0 Å². The molecule has 0 aliphatic carbocycles. The van der Waals surface area contributed by atoms with Crippen LogP contribution in [0.1, 0.15) is 56.6 Å². The maximum absolute atomic E-state index is 12.6. The number of hydrogen-bond acceptors (Lipinski definition) is 5. The van der Waals surface area contributed by atoms with E-state index in [1.165, 1.54) is 58.3 Å². The summed E-state index contributed by atoms with van der Waals surface area (Å²) in [7, 11) is -3.54. The topological polar surface area (TPSA) is 65.0 Å². The SMILES string of the molecule is CC1=C(c2ccc(C)cc2)S(=O)(=O)NC1=NCCCN1CCC(N2CCCCC2)CC1. The number of amidine groups is 1. The van der Waals surface area contributed by atoms with Crippen molar-refractivity contribution in [1.29, 1.82) is 0 Å². The van der Waals surface area contributed by atoms with Crippen LogP contribution < -0.4 is 4.72 Å². The standard InChI is InChI=1S/C24H36N4O2S/c1-19-7-9-21(10-8-19)23-20(2)24(26-31(23,29)30)25-13-6-14-27-17-11-22(12-18-27)28-15-4-3-5-16-28/h7-10,22H,3-6,11-18H2,1-2H3,(H,25,26). The van der Waals surface area contributed by atoms with Crippen LogP contribution in [0.25, 0.3) is 4.91 Å². The third-order valence-electron chi connectivity index (χ3n) is 6.88. The van der Waals surface area contributed by atoms with Gasteiger partial charge in [0.15, 0.2) is 0 Å². The van der Waals surface area contributed by atoms with Crippen molar-refractivity contribution in [2.45, 2.75) is 58.4 Å². The summed E-state index contributed by atoms with van der Waals surface area (Å²) in [5.74, 6) is 0.499. The average molecular weight is 445 g/mol. The summed E-state index contributed by atoms with van der Waals surface area (Å²) in [5.41, 5.74) is 2.54. The molecule has 0 unspecified atom stereocenters. The van der Waals surface area contributed by atoms with Crippen LogP contribution >= 0.6 is 0 Å². The van der Waals surface area contributed by atoms with Gasteiger partial charge in [-0.05, 0) is 84.2 Å². The van der Waals surface area contributed by atoms with Gasteiger partial charge in [-0.15, -0.1) is 0 Å². The molecule has 2 fully saturated rings. The van der Waals surface area contributed by atoms with E-state index in [2.05, 4.69) is 19.5 Å². The predicted octanol–water partition coefficient (Wildman–Crippen LogP) is 3.40. The van der Waals surface area contributed by atoms with Gasteiger partial charge < -0.3 is 9.80 Å². The van der Waals surface area contributed by atoms with Crippen LogP contribution in [0.5, 0.6) is 0 Å². The van der Waals surface area contributed by atoms with E-state index in [0.717, 1.165) is 30.1 Å². The zero-order valence-electron chi connectivity index (χ0n) is 18.9. The molecule has 3 heterocycles. The number of nitrogens with zero attached hydrogens (tertiary/aromatic N) is 3. The maximum Gasteiger partial charge on any atom is 0.264 e. The van der Waals surface area contributed by atoms with Gasteiger partial charge in [0, 0.05) is 18.2 Å². The number of aliphatic imine (C=N–C) groups is 1. The number of hydrogen-bond donors (Lipinski definition) is 1. The lowest BCUT2D eigenvalue weighted by atomic mass is 10.00. The van der Waals surface area contributed by atoms with Crippen molar-refractivity contribution in [2.24, 2.45) is 4.99 Å². The molecule has 1 aromatic carbocycles. The number of likely N-dealkylation sites (tertiary alicyclic amines) is 2. The highest BCUT2D eigenvalue weighted by Gasteiger charge is 2.32. The molecule has 3 aliphatic rings. The van der Waals surface area contributed by atoms with E-state index in [1.54, 1.807) is 0 Å². The molecule has 0 atom stereocenters. The van der Waals surface area contributed by atoms with E-state index >= 15 is 0 Å². The zero-order chi connectivity index (χ0) is 21.8. The average Bonchev–Trinajstić information content (AvgIpc) is 3.01. The normalized spacial score (nSPS) is 24.6. The van der Waals surface area contributed by atoms with Crippen molar-refractivity contribution in [1.82, 2.24) is 14.5 Å². The van der Waals surface area contributed by atoms with E-state index in [9.17, 15) is 8.42 Å². The van der Waals surface area contributed by atoms with E-state index in [4.69, 9.17) is 0 Å². The Hall–Kier alpha value is -1.70. The van der Waals surface area contributed by atoms with Crippen molar-refractivity contribution in [3.05, 3.63) is 41.0 Å². The Morgan fingerprint density at radius 2 is 1.68 bits per heavy atom. The fraction of sp³-hybridized carbons (Fsp3) is 0.625. The quantitative estimate of drug-likeness (QED) is 0.683. The monoisotopic (exact) mass is 444 g/mol. The Kier molecular flexibility index (Phi) is 7.14. The smallest absolute Gasteiger partial charge is 0.264 e. The van der Waals surface area contributed by atoms with Gasteiger partial charge in [0.25, 0.3) is 10.0 Å². The van der Waals surface area contributed by atoms with Crippen molar-refractivity contribution in [3.63, 3.8) is 0 Å². The van der Waals surface area contributed by atoms with Gasteiger partial charge in [0.1, 0.15) is 10.7 Å². The maximum atomic E-state index is 12.6. The summed E-state index contributed by atoms with van der Waals surface area (Å²) < 4.78 is 27.9. The number of aryl methyl sites for hydroxylation is 1. The molecular formula is C24H36N4O2S. The summed E-state index contributed by atoms with van der Waals surface area (Å²) in [5, 5.41) is 0. The lowest BCUT2D eigenvalue weighted by Gasteiger charge is -2.40. The van der Waals surface area contributed by atoms with Gasteiger partial charge >= 0.3 is 0 Å². The van der Waals surface area contributed by atoms with Crippen LogP contribution in [0.15, 0.2) is 34.8 Å². The summed E-state index contributed by atoms with van der Waals surface area (Å²) in [6, 6.07) is 8.38. The molecule has 3 aliphatic heterocycles. The number of benzene rings is 1. The number of rotatable bonds is 6. The van der Waals surface area contributed by atoms with Gasteiger partial charge in [0.05, 0.1) is 0 Å². The molecule has 2 saturated heterocycles. The summed E-state index contributed by atoms with van der Waals surface area (Å²) in [6.07, 6.45) is 7.63. The van der Waals surface area contributed by atoms with Gasteiger partial charge in [0.2, 0.25) is 0 Å². The second-order valence-corrected chi connectivity index (χ2v) is 10.8. The molecule has 0 amide bonds. The molecule has 0 saturated carbocycles. The Morgan fingerprint density at radius 3 is 2.35 bits per heavy atom. The van der Waals surface area contributed by atoms with Gasteiger partial charge in [-0.25, -0.2) is 8.42 Å². The first-order valence-electron chi connectivity index (χ1n) is 11.8. The van der Waals surface area contributed by atoms with E-state index in [-0.39, 0.29) is 0 Å². The minimum atomic E-state index is -3.54. The van der Waals surface area contributed by atoms with Gasteiger partial charge in [-0.1, -0.05) is 36.2 Å². The van der Waals surface area contributed by atoms with Crippen LogP contribution in [0.4, 0.5) is 0 Å². The highest BCUT2D eigenvalue weighted by Crippen LogP contribution is 2.30. The molecule has 4 rings (SSSR count). The molecule has 31 heavy (non-hydrogen) atoms. The second kappa shape index (κ2) is 9.84. The Labute approximate surface area is 187 Å². The Morgan fingerprint density at radius 1 is 1.00 bits per heavy atom. The Bertz CT molecular complexity index is 923. The lowest BCUT2D eigenvalue weighted by Crippen LogP contribution is -2.46. The van der Waals surface area contributed by atoms with Crippen molar-refractivity contribution < 1.29 is 8.42 Å². The molecule has 1 N–H and O–H groups in total. The Balaban J connectivity index is 1.28. The number of nitrogens with one attached hydrogen (secondary N) is 1. The zero-order valence-corrected chi connectivity index (χ0v) is 19.8. The van der Waals surface area contributed by atoms with Crippen LogP contribution in [-0.4, -0.2) is 69.4 Å². The molecule has 0 bridgehead atoms. The highest BCUT2D eigenvalue weighted by molar-refractivity contribution is 8.00. The first kappa shape index (κ1) is 22.5. The largest absolute Gasteiger partial charge is 0.303 e. The molecule has 6 nitrogen and oxygen atoms in total. The molecule has 0 spiro atoms. The van der Waals surface area contributed by atoms with Crippen LogP contribution in [0.3, 0.4) is 0 Å². The van der Waals surface area contributed by atoms with Crippen molar-refractivity contribution >= 4 is 20.8 Å². The van der Waals surface area contributed by atoms with E-state index in [1.807, 2.05) is 38.1 Å². The molecule has 170 valence electrons. The van der Waals surface area contributed by atoms with E-state index < -0.39 is 10.0 Å². The third-order valence-corrected chi connectivity index (χ3v) is 8.42. The second-order valence-electron chi connectivity index (χ2n) is 9.18. The fourth-order valence-corrected chi connectivity index (χ4v) is 6.59. The van der Waals surface area contributed by atoms with Gasteiger partial charge in [-0.3, -0.25) is 9.71 Å². The number of sulfonamides is 1. The minimum absolute atomic E-state index is 0.353. The number of piperidine rings is 2.